The molecule has 90 heavy (non-hydrogen) atoms. The first kappa shape index (κ1) is 88.1. The van der Waals surface area contributed by atoms with Crippen LogP contribution in [0.3, 0.4) is 0 Å². The molecule has 2 unspecified atom stereocenters. The Hall–Kier alpha value is -1.94. The molecule has 0 rings (SSSR count). The summed E-state index contributed by atoms with van der Waals surface area (Å²) in [6.45, 7) is 7.26. The minimum Gasteiger partial charge on any atom is -0.462 e. The summed E-state index contributed by atoms with van der Waals surface area (Å²) in [4.78, 5) is 72.6. The second kappa shape index (κ2) is 64.4. The van der Waals surface area contributed by atoms with E-state index >= 15 is 0 Å². The molecule has 0 aromatic heterocycles. The lowest BCUT2D eigenvalue weighted by molar-refractivity contribution is -0.161. The Labute approximate surface area is 549 Å². The third kappa shape index (κ3) is 64.8. The molecular formula is C71H138O17P2. The zero-order valence-electron chi connectivity index (χ0n) is 58.3. The van der Waals surface area contributed by atoms with Gasteiger partial charge in [0.15, 0.2) is 12.2 Å². The number of rotatable bonds is 71. The highest BCUT2D eigenvalue weighted by atomic mass is 31.2. The van der Waals surface area contributed by atoms with Gasteiger partial charge in [-0.2, -0.15) is 0 Å². The van der Waals surface area contributed by atoms with Crippen LogP contribution in [0.15, 0.2) is 0 Å². The molecule has 3 N–H and O–H groups in total. The number of phosphoric acid groups is 2. The van der Waals surface area contributed by atoms with Crippen molar-refractivity contribution in [3.63, 3.8) is 0 Å². The largest absolute Gasteiger partial charge is 0.472 e. The van der Waals surface area contributed by atoms with E-state index in [0.29, 0.717) is 25.7 Å². The van der Waals surface area contributed by atoms with Crippen LogP contribution in [0.25, 0.3) is 0 Å². The maximum absolute atomic E-state index is 13.0. The molecule has 0 saturated heterocycles. The van der Waals surface area contributed by atoms with Crippen molar-refractivity contribution in [3.8, 4) is 0 Å². The normalized spacial score (nSPS) is 14.1. The summed E-state index contributed by atoms with van der Waals surface area (Å²) < 4.78 is 68.3. The quantitative estimate of drug-likeness (QED) is 0.0222. The molecule has 0 bridgehead atoms. The van der Waals surface area contributed by atoms with E-state index < -0.39 is 97.5 Å². The smallest absolute Gasteiger partial charge is 0.462 e. The lowest BCUT2D eigenvalue weighted by Gasteiger charge is -2.21. The molecular weight excluding hydrogens is 1190 g/mol. The molecule has 0 saturated carbocycles. The van der Waals surface area contributed by atoms with Crippen LogP contribution >= 0.6 is 15.6 Å². The maximum Gasteiger partial charge on any atom is 0.472 e. The molecule has 0 radical (unpaired) electrons. The van der Waals surface area contributed by atoms with Crippen molar-refractivity contribution in [2.45, 2.75) is 387 Å². The Morgan fingerprint density at radius 1 is 0.300 bits per heavy atom. The van der Waals surface area contributed by atoms with E-state index in [1.807, 2.05) is 0 Å². The third-order valence-corrected chi connectivity index (χ3v) is 18.4. The summed E-state index contributed by atoms with van der Waals surface area (Å²) in [5.74, 6) is -1.35. The summed E-state index contributed by atoms with van der Waals surface area (Å²) in [7, 11) is -9.90. The van der Waals surface area contributed by atoms with Crippen LogP contribution in [0.4, 0.5) is 0 Å². The summed E-state index contributed by atoms with van der Waals surface area (Å²) in [5, 5.41) is 10.6. The predicted octanol–water partition coefficient (Wildman–Crippen LogP) is 20.5. The molecule has 0 aliphatic rings. The van der Waals surface area contributed by atoms with Crippen molar-refractivity contribution in [1.82, 2.24) is 0 Å². The monoisotopic (exact) mass is 1320 g/mol. The van der Waals surface area contributed by atoms with Gasteiger partial charge in [-0.1, -0.05) is 317 Å². The standard InChI is InChI=1S/C71H138O17P2/c1-6-9-12-15-18-21-24-25-26-31-35-40-45-50-55-69(74)82-61-67(88-71(76)57-52-47-42-37-32-27-30-33-38-43-48-53-64(4)5)63-86-90(79,80)84-59-65(72)58-83-89(77,78)85-62-66(87-70(75)56-51-46-41-36-29-23-20-17-14-11-8-3)60-81-68(73)54-49-44-39-34-28-22-19-16-13-10-7-2/h64-67,72H,6-63H2,1-5H3,(H,77,78)(H,79,80)/t65-,66+,67+/m0/s1. The van der Waals surface area contributed by atoms with Crippen LogP contribution in [0.1, 0.15) is 369 Å². The van der Waals surface area contributed by atoms with Crippen LogP contribution < -0.4 is 0 Å². The van der Waals surface area contributed by atoms with Crippen LogP contribution in [0, 0.1) is 5.92 Å². The van der Waals surface area contributed by atoms with E-state index in [1.54, 1.807) is 0 Å². The molecule has 0 amide bonds. The number of carbonyl (C=O) groups is 4. The van der Waals surface area contributed by atoms with Crippen LogP contribution in [-0.2, 0) is 65.4 Å². The number of esters is 4. The van der Waals surface area contributed by atoms with E-state index in [2.05, 4.69) is 34.6 Å². The van der Waals surface area contributed by atoms with E-state index in [0.717, 1.165) is 95.8 Å². The fourth-order valence-corrected chi connectivity index (χ4v) is 12.4. The first-order valence-electron chi connectivity index (χ1n) is 37.1. The molecule has 19 heteroatoms. The molecule has 0 aliphatic heterocycles. The highest BCUT2D eigenvalue weighted by Gasteiger charge is 2.30. The Bertz CT molecular complexity index is 1740. The van der Waals surface area contributed by atoms with E-state index in [4.69, 9.17) is 37.0 Å². The second-order valence-electron chi connectivity index (χ2n) is 26.1. The average molecular weight is 1330 g/mol. The zero-order chi connectivity index (χ0) is 66.3. The highest BCUT2D eigenvalue weighted by Crippen LogP contribution is 2.45. The SMILES string of the molecule is CCCCCCCCCCCCCCCCC(=O)OC[C@H](COP(=O)(O)OC[C@@H](O)COP(=O)(O)OC[C@@H](COC(=O)CCCCCCCCCCCCC)OC(=O)CCCCCCCCCCCCC)OC(=O)CCCCCCCCCCCCCC(C)C. The number of hydrogen-bond acceptors (Lipinski definition) is 15. The minimum atomic E-state index is -4.95. The number of aliphatic hydroxyl groups excluding tert-OH is 1. The fraction of sp³-hybridized carbons (Fsp3) is 0.944. The molecule has 0 heterocycles. The number of hydrogen-bond donors (Lipinski definition) is 3. The van der Waals surface area contributed by atoms with E-state index in [1.165, 1.54) is 193 Å². The van der Waals surface area contributed by atoms with Crippen LogP contribution in [0.2, 0.25) is 0 Å². The van der Waals surface area contributed by atoms with Crippen molar-refractivity contribution in [1.29, 1.82) is 0 Å². The molecule has 0 aromatic rings. The van der Waals surface area contributed by atoms with Gasteiger partial charge in [0.05, 0.1) is 26.4 Å². The van der Waals surface area contributed by atoms with Gasteiger partial charge in [-0.05, 0) is 31.6 Å². The first-order chi connectivity index (χ1) is 43.5. The van der Waals surface area contributed by atoms with Crippen molar-refractivity contribution in [2.75, 3.05) is 39.6 Å². The van der Waals surface area contributed by atoms with Crippen LogP contribution in [-0.4, -0.2) is 96.7 Å². The lowest BCUT2D eigenvalue weighted by Crippen LogP contribution is -2.30. The fourth-order valence-electron chi connectivity index (χ4n) is 10.8. The number of carbonyl (C=O) groups excluding carboxylic acids is 4. The Kier molecular flexibility index (Phi) is 63.0. The van der Waals surface area contributed by atoms with Gasteiger partial charge in [0.2, 0.25) is 0 Å². The van der Waals surface area contributed by atoms with Gasteiger partial charge in [-0.15, -0.1) is 0 Å². The molecule has 0 aromatic carbocycles. The predicted molar refractivity (Wildman–Crippen MR) is 363 cm³/mol. The van der Waals surface area contributed by atoms with Gasteiger partial charge < -0.3 is 33.8 Å². The van der Waals surface area contributed by atoms with Crippen molar-refractivity contribution >= 4 is 39.5 Å². The summed E-state index contributed by atoms with van der Waals surface area (Å²) in [5.41, 5.74) is 0. The number of aliphatic hydroxyl groups is 1. The topological polar surface area (TPSA) is 237 Å². The van der Waals surface area contributed by atoms with Crippen molar-refractivity contribution in [3.05, 3.63) is 0 Å². The molecule has 0 fully saturated rings. The van der Waals surface area contributed by atoms with Crippen molar-refractivity contribution in [2.24, 2.45) is 5.92 Å². The van der Waals surface area contributed by atoms with Crippen LogP contribution in [0.5, 0.6) is 0 Å². The summed E-state index contributed by atoms with van der Waals surface area (Å²) in [6.07, 6.45) is 51.1. The highest BCUT2D eigenvalue weighted by molar-refractivity contribution is 7.47. The Morgan fingerprint density at radius 3 is 0.756 bits per heavy atom. The summed E-state index contributed by atoms with van der Waals surface area (Å²) >= 11 is 0. The molecule has 534 valence electrons. The molecule has 0 aliphatic carbocycles. The molecule has 17 nitrogen and oxygen atoms in total. The minimum absolute atomic E-state index is 0.107. The summed E-state index contributed by atoms with van der Waals surface area (Å²) in [6, 6.07) is 0. The maximum atomic E-state index is 13.0. The van der Waals surface area contributed by atoms with E-state index in [-0.39, 0.29) is 25.7 Å². The number of ether oxygens (including phenoxy) is 4. The lowest BCUT2D eigenvalue weighted by atomic mass is 10.0. The number of unbranched alkanes of at least 4 members (excludes halogenated alkanes) is 43. The van der Waals surface area contributed by atoms with Gasteiger partial charge in [-0.25, -0.2) is 9.13 Å². The Morgan fingerprint density at radius 2 is 0.511 bits per heavy atom. The van der Waals surface area contributed by atoms with Gasteiger partial charge in [-0.3, -0.25) is 37.3 Å². The Balaban J connectivity index is 5.25. The second-order valence-corrected chi connectivity index (χ2v) is 29.0. The number of phosphoric ester groups is 2. The third-order valence-electron chi connectivity index (χ3n) is 16.5. The zero-order valence-corrected chi connectivity index (χ0v) is 60.1. The van der Waals surface area contributed by atoms with Gasteiger partial charge >= 0.3 is 39.5 Å². The van der Waals surface area contributed by atoms with Gasteiger partial charge in [0, 0.05) is 25.7 Å². The van der Waals surface area contributed by atoms with E-state index in [9.17, 15) is 43.2 Å². The molecule has 5 atom stereocenters. The van der Waals surface area contributed by atoms with Gasteiger partial charge in [0.25, 0.3) is 0 Å². The van der Waals surface area contributed by atoms with Gasteiger partial charge in [0.1, 0.15) is 19.3 Å². The van der Waals surface area contributed by atoms with Crippen molar-refractivity contribution < 1.29 is 80.2 Å². The first-order valence-corrected chi connectivity index (χ1v) is 40.1. The average Bonchev–Trinajstić information content (AvgIpc) is 2.86. The molecule has 0 spiro atoms.